The molecule has 4 rings (SSSR count). The summed E-state index contributed by atoms with van der Waals surface area (Å²) in [6.45, 7) is 4.13. The second kappa shape index (κ2) is 5.08. The molecule has 0 N–H and O–H groups in total. The Labute approximate surface area is 154 Å². The molecule has 2 aliphatic heterocycles. The first-order chi connectivity index (χ1) is 11.8. The molecule has 25 heavy (non-hydrogen) atoms. The molecule has 0 saturated heterocycles. The van der Waals surface area contributed by atoms with Crippen molar-refractivity contribution < 1.29 is 9.66 Å². The van der Waals surface area contributed by atoms with Crippen molar-refractivity contribution in [2.45, 2.75) is 25.0 Å². The number of benzene rings is 2. The molecule has 0 fully saturated rings. The zero-order valence-corrected chi connectivity index (χ0v) is 15.7. The van der Waals surface area contributed by atoms with Gasteiger partial charge in [0.05, 0.1) is 10.3 Å². The molecule has 0 saturated carbocycles. The van der Waals surface area contributed by atoms with Gasteiger partial charge in [-0.2, -0.15) is 0 Å². The number of rotatable bonds is 1. The summed E-state index contributed by atoms with van der Waals surface area (Å²) in [5.41, 5.74) is 1.76. The lowest BCUT2D eigenvalue weighted by atomic mass is 9.76. The van der Waals surface area contributed by atoms with Crippen LogP contribution >= 0.6 is 15.9 Å². The van der Waals surface area contributed by atoms with Crippen molar-refractivity contribution in [3.05, 3.63) is 68.2 Å². The molecule has 5 nitrogen and oxygen atoms in total. The fourth-order valence-corrected chi connectivity index (χ4v) is 4.26. The number of nitro benzene ring substituents is 1. The van der Waals surface area contributed by atoms with Crippen molar-refractivity contribution >= 4 is 33.4 Å². The third kappa shape index (κ3) is 2.07. The van der Waals surface area contributed by atoms with Gasteiger partial charge in [0.2, 0.25) is 5.72 Å². The summed E-state index contributed by atoms with van der Waals surface area (Å²) in [5.74, 6) is 0.799. The average Bonchev–Trinajstić information content (AvgIpc) is 2.74. The number of halogens is 1. The fourth-order valence-electron chi connectivity index (χ4n) is 3.88. The van der Waals surface area contributed by atoms with Gasteiger partial charge in [-0.15, -0.1) is 0 Å². The number of fused-ring (bicyclic) bond motifs is 2. The maximum atomic E-state index is 11.2. The Bertz CT molecular complexity index is 938. The maximum Gasteiger partial charge on any atom is 0.269 e. The molecule has 0 aliphatic carbocycles. The van der Waals surface area contributed by atoms with Crippen LogP contribution in [0, 0.1) is 10.1 Å². The second-order valence-electron chi connectivity index (χ2n) is 6.96. The van der Waals surface area contributed by atoms with Gasteiger partial charge in [-0.1, -0.05) is 15.9 Å². The minimum atomic E-state index is -0.731. The summed E-state index contributed by atoms with van der Waals surface area (Å²) < 4.78 is 7.49. The molecule has 2 aromatic carbocycles. The molecule has 2 aliphatic rings. The highest BCUT2D eigenvalue weighted by Gasteiger charge is 2.58. The van der Waals surface area contributed by atoms with Gasteiger partial charge in [0.25, 0.3) is 5.69 Å². The van der Waals surface area contributed by atoms with Crippen molar-refractivity contribution in [1.29, 1.82) is 0 Å². The fraction of sp³-hybridized carbons (Fsp3) is 0.263. The first-order valence-corrected chi connectivity index (χ1v) is 8.76. The number of hydrogen-bond acceptors (Lipinski definition) is 4. The van der Waals surface area contributed by atoms with Gasteiger partial charge in [-0.25, -0.2) is 0 Å². The van der Waals surface area contributed by atoms with E-state index in [2.05, 4.69) is 40.8 Å². The van der Waals surface area contributed by atoms with Gasteiger partial charge in [0.1, 0.15) is 5.75 Å². The molecular weight excluding hydrogens is 384 g/mol. The van der Waals surface area contributed by atoms with E-state index >= 15 is 0 Å². The van der Waals surface area contributed by atoms with Crippen LogP contribution in [0.4, 0.5) is 11.4 Å². The molecule has 0 unspecified atom stereocenters. The van der Waals surface area contributed by atoms with Crippen molar-refractivity contribution in [3.63, 3.8) is 0 Å². The van der Waals surface area contributed by atoms with Crippen LogP contribution in [-0.2, 0) is 5.41 Å². The predicted molar refractivity (Wildman–Crippen MR) is 101 cm³/mol. The molecule has 1 spiro atoms. The van der Waals surface area contributed by atoms with Gasteiger partial charge in [-0.3, -0.25) is 10.1 Å². The molecule has 6 heteroatoms. The van der Waals surface area contributed by atoms with Crippen molar-refractivity contribution in [2.24, 2.45) is 0 Å². The maximum absolute atomic E-state index is 11.2. The summed E-state index contributed by atoms with van der Waals surface area (Å²) in [7, 11) is 1.97. The number of hydrogen-bond donors (Lipinski definition) is 0. The van der Waals surface area contributed by atoms with Crippen LogP contribution in [0.2, 0.25) is 0 Å². The second-order valence-corrected chi connectivity index (χ2v) is 7.87. The zero-order chi connectivity index (χ0) is 18.0. The molecule has 0 aromatic heterocycles. The SMILES string of the molecule is CN1c2ccc([N+](=O)[O-])cc2C(C)(C)[C@]12C=Cc1cc(Br)ccc1O2. The first kappa shape index (κ1) is 16.1. The standard InChI is InChI=1S/C19H17BrN2O3/c1-18(2)15-11-14(22(23)24)5-6-16(15)21(3)19(18)9-8-12-10-13(20)4-7-17(12)25-19/h4-11H,1-3H3/t19-/m1/s1. The van der Waals surface area contributed by atoms with E-state index in [4.69, 9.17) is 4.74 Å². The van der Waals surface area contributed by atoms with Crippen molar-refractivity contribution in [2.75, 3.05) is 11.9 Å². The lowest BCUT2D eigenvalue weighted by Gasteiger charge is -2.45. The van der Waals surface area contributed by atoms with Gasteiger partial charge in [0.15, 0.2) is 0 Å². The monoisotopic (exact) mass is 400 g/mol. The molecule has 0 radical (unpaired) electrons. The van der Waals surface area contributed by atoms with Gasteiger partial charge in [0, 0.05) is 34.9 Å². The minimum Gasteiger partial charge on any atom is -0.463 e. The Hall–Kier alpha value is -2.34. The van der Waals surface area contributed by atoms with E-state index in [9.17, 15) is 10.1 Å². The molecule has 0 bridgehead atoms. The minimum absolute atomic E-state index is 0.0985. The average molecular weight is 401 g/mol. The number of nitrogens with zero attached hydrogens (tertiary/aromatic N) is 2. The molecule has 2 aromatic rings. The summed E-state index contributed by atoms with van der Waals surface area (Å²) >= 11 is 3.48. The lowest BCUT2D eigenvalue weighted by molar-refractivity contribution is -0.384. The van der Waals surface area contributed by atoms with Gasteiger partial charge >= 0.3 is 0 Å². The van der Waals surface area contributed by atoms with E-state index in [0.717, 1.165) is 27.0 Å². The van der Waals surface area contributed by atoms with Crippen LogP contribution < -0.4 is 9.64 Å². The quantitative estimate of drug-likeness (QED) is 0.505. The van der Waals surface area contributed by atoms with Crippen LogP contribution in [0.1, 0.15) is 25.0 Å². The van der Waals surface area contributed by atoms with Crippen molar-refractivity contribution in [3.8, 4) is 5.75 Å². The van der Waals surface area contributed by atoms with E-state index in [0.29, 0.717) is 0 Å². The van der Waals surface area contributed by atoms with Crippen LogP contribution in [0.25, 0.3) is 6.08 Å². The number of ether oxygens (including phenoxy) is 1. The Morgan fingerprint density at radius 3 is 2.68 bits per heavy atom. The third-order valence-corrected chi connectivity index (χ3v) is 5.84. The topological polar surface area (TPSA) is 55.6 Å². The van der Waals surface area contributed by atoms with Crippen LogP contribution in [0.15, 0.2) is 46.9 Å². The number of non-ortho nitro benzene ring substituents is 1. The number of nitro groups is 1. The highest BCUT2D eigenvalue weighted by atomic mass is 79.9. The van der Waals surface area contributed by atoms with Crippen molar-refractivity contribution in [1.82, 2.24) is 0 Å². The molecule has 1 atom stereocenters. The van der Waals surface area contributed by atoms with E-state index < -0.39 is 11.1 Å². The summed E-state index contributed by atoms with van der Waals surface area (Å²) in [5, 5.41) is 11.2. The van der Waals surface area contributed by atoms with E-state index in [1.165, 1.54) is 0 Å². The third-order valence-electron chi connectivity index (χ3n) is 5.35. The lowest BCUT2D eigenvalue weighted by Crippen LogP contribution is -2.58. The summed E-state index contributed by atoms with van der Waals surface area (Å²) in [6, 6.07) is 10.9. The normalized spacial score (nSPS) is 22.5. The van der Waals surface area contributed by atoms with Crippen LogP contribution in [0.5, 0.6) is 5.75 Å². The first-order valence-electron chi connectivity index (χ1n) is 7.97. The Morgan fingerprint density at radius 2 is 1.96 bits per heavy atom. The van der Waals surface area contributed by atoms with Gasteiger partial charge < -0.3 is 9.64 Å². The van der Waals surface area contributed by atoms with Crippen LogP contribution in [-0.4, -0.2) is 17.7 Å². The molecule has 0 amide bonds. The van der Waals surface area contributed by atoms with E-state index in [1.54, 1.807) is 18.2 Å². The Morgan fingerprint density at radius 1 is 1.20 bits per heavy atom. The smallest absolute Gasteiger partial charge is 0.269 e. The van der Waals surface area contributed by atoms with E-state index in [-0.39, 0.29) is 10.6 Å². The molecule has 128 valence electrons. The van der Waals surface area contributed by atoms with Crippen LogP contribution in [0.3, 0.4) is 0 Å². The molecular formula is C19H17BrN2O3. The zero-order valence-electron chi connectivity index (χ0n) is 14.1. The van der Waals surface area contributed by atoms with Gasteiger partial charge in [-0.05, 0) is 55.8 Å². The molecule has 2 heterocycles. The Kier molecular flexibility index (Phi) is 3.28. The highest BCUT2D eigenvalue weighted by molar-refractivity contribution is 9.10. The highest BCUT2D eigenvalue weighted by Crippen LogP contribution is 2.54. The summed E-state index contributed by atoms with van der Waals surface area (Å²) in [4.78, 5) is 12.9. The number of anilines is 1. The number of likely N-dealkylation sites (N-methyl/N-ethyl adjacent to an activating group) is 1. The van der Waals surface area contributed by atoms with E-state index in [1.807, 2.05) is 31.3 Å². The summed E-state index contributed by atoms with van der Waals surface area (Å²) in [6.07, 6.45) is 4.11. The Balaban J connectivity index is 1.87. The largest absolute Gasteiger partial charge is 0.463 e. The predicted octanol–water partition coefficient (Wildman–Crippen LogP) is 4.89.